The SMILES string of the molecule is CO[C@@H]1C[C@@H](COc2cccnc2)N(c2ccccn2)C1. The number of pyridine rings is 2. The maximum Gasteiger partial charge on any atom is 0.137 e. The van der Waals surface area contributed by atoms with Crippen molar-refractivity contribution in [1.82, 2.24) is 9.97 Å². The van der Waals surface area contributed by atoms with Gasteiger partial charge in [-0.15, -0.1) is 0 Å². The van der Waals surface area contributed by atoms with Crippen molar-refractivity contribution >= 4 is 5.82 Å². The first-order chi connectivity index (χ1) is 10.4. The number of ether oxygens (including phenoxy) is 2. The van der Waals surface area contributed by atoms with E-state index in [1.807, 2.05) is 36.5 Å². The van der Waals surface area contributed by atoms with Crippen molar-refractivity contribution in [2.45, 2.75) is 18.6 Å². The van der Waals surface area contributed by atoms with E-state index >= 15 is 0 Å². The molecule has 21 heavy (non-hydrogen) atoms. The molecule has 0 aliphatic carbocycles. The summed E-state index contributed by atoms with van der Waals surface area (Å²) >= 11 is 0. The highest BCUT2D eigenvalue weighted by atomic mass is 16.5. The molecule has 3 rings (SSSR count). The molecule has 2 aromatic rings. The van der Waals surface area contributed by atoms with Gasteiger partial charge in [0.2, 0.25) is 0 Å². The number of rotatable bonds is 5. The normalized spacial score (nSPS) is 21.5. The second-order valence-corrected chi connectivity index (χ2v) is 5.09. The Hall–Kier alpha value is -2.14. The van der Waals surface area contributed by atoms with E-state index in [1.54, 1.807) is 19.5 Å². The van der Waals surface area contributed by atoms with E-state index in [9.17, 15) is 0 Å². The summed E-state index contributed by atoms with van der Waals surface area (Å²) in [6, 6.07) is 10.00. The zero-order valence-corrected chi connectivity index (χ0v) is 12.1. The first kappa shape index (κ1) is 13.8. The lowest BCUT2D eigenvalue weighted by Crippen LogP contribution is -2.34. The van der Waals surface area contributed by atoms with Crippen LogP contribution in [-0.4, -0.2) is 42.4 Å². The molecule has 3 heterocycles. The van der Waals surface area contributed by atoms with Crippen LogP contribution in [0, 0.1) is 0 Å². The quantitative estimate of drug-likeness (QED) is 0.842. The zero-order valence-electron chi connectivity index (χ0n) is 12.1. The lowest BCUT2D eigenvalue weighted by molar-refractivity contribution is 0.115. The number of nitrogens with zero attached hydrogens (tertiary/aromatic N) is 3. The smallest absolute Gasteiger partial charge is 0.137 e. The Morgan fingerprint density at radius 1 is 1.24 bits per heavy atom. The van der Waals surface area contributed by atoms with E-state index in [0.717, 1.165) is 24.5 Å². The van der Waals surface area contributed by atoms with Crippen LogP contribution in [0.4, 0.5) is 5.82 Å². The van der Waals surface area contributed by atoms with E-state index in [1.165, 1.54) is 0 Å². The molecule has 0 saturated carbocycles. The van der Waals surface area contributed by atoms with Gasteiger partial charge in [-0.25, -0.2) is 4.98 Å². The second-order valence-electron chi connectivity index (χ2n) is 5.09. The lowest BCUT2D eigenvalue weighted by Gasteiger charge is -2.25. The van der Waals surface area contributed by atoms with E-state index in [2.05, 4.69) is 14.9 Å². The Morgan fingerprint density at radius 3 is 2.90 bits per heavy atom. The molecule has 2 aromatic heterocycles. The molecule has 110 valence electrons. The van der Waals surface area contributed by atoms with Gasteiger partial charge in [0.15, 0.2) is 0 Å². The predicted octanol–water partition coefficient (Wildman–Crippen LogP) is 2.15. The number of hydrogen-bond donors (Lipinski definition) is 0. The highest BCUT2D eigenvalue weighted by molar-refractivity contribution is 5.41. The number of aromatic nitrogens is 2. The summed E-state index contributed by atoms with van der Waals surface area (Å²) in [7, 11) is 1.76. The summed E-state index contributed by atoms with van der Waals surface area (Å²) < 4.78 is 11.4. The van der Waals surface area contributed by atoms with Gasteiger partial charge in [0.25, 0.3) is 0 Å². The Morgan fingerprint density at radius 2 is 2.19 bits per heavy atom. The molecule has 0 unspecified atom stereocenters. The lowest BCUT2D eigenvalue weighted by atomic mass is 10.2. The maximum absolute atomic E-state index is 5.85. The molecule has 5 heteroatoms. The van der Waals surface area contributed by atoms with E-state index in [0.29, 0.717) is 6.61 Å². The predicted molar refractivity (Wildman–Crippen MR) is 80.5 cm³/mol. The first-order valence-electron chi connectivity index (χ1n) is 7.10. The fourth-order valence-electron chi connectivity index (χ4n) is 2.63. The summed E-state index contributed by atoms with van der Waals surface area (Å²) in [4.78, 5) is 10.8. The highest BCUT2D eigenvalue weighted by Gasteiger charge is 2.33. The minimum atomic E-state index is 0.217. The summed E-state index contributed by atoms with van der Waals surface area (Å²) in [5, 5.41) is 0. The Labute approximate surface area is 124 Å². The molecule has 2 atom stereocenters. The molecule has 1 fully saturated rings. The highest BCUT2D eigenvalue weighted by Crippen LogP contribution is 2.25. The van der Waals surface area contributed by atoms with Crippen molar-refractivity contribution in [3.8, 4) is 5.75 Å². The number of hydrogen-bond acceptors (Lipinski definition) is 5. The van der Waals surface area contributed by atoms with Crippen molar-refractivity contribution < 1.29 is 9.47 Å². The fourth-order valence-corrected chi connectivity index (χ4v) is 2.63. The van der Waals surface area contributed by atoms with Gasteiger partial charge in [0.1, 0.15) is 18.2 Å². The van der Waals surface area contributed by atoms with Gasteiger partial charge in [-0.05, 0) is 30.7 Å². The standard InChI is InChI=1S/C16H19N3O2/c1-20-15-9-13(12-21-14-5-4-7-17-10-14)19(11-15)16-6-2-3-8-18-16/h2-8,10,13,15H,9,11-12H2,1H3/t13-,15+/m0/s1. The fraction of sp³-hybridized carbons (Fsp3) is 0.375. The molecule has 1 aliphatic rings. The van der Waals surface area contributed by atoms with Gasteiger partial charge in [-0.2, -0.15) is 0 Å². The monoisotopic (exact) mass is 285 g/mol. The number of anilines is 1. The molecule has 5 nitrogen and oxygen atoms in total. The van der Waals surface area contributed by atoms with Crippen LogP contribution in [-0.2, 0) is 4.74 Å². The third-order valence-corrected chi connectivity index (χ3v) is 3.73. The van der Waals surface area contributed by atoms with Gasteiger partial charge in [-0.1, -0.05) is 6.07 Å². The molecule has 0 aromatic carbocycles. The molecule has 0 radical (unpaired) electrons. The summed E-state index contributed by atoms with van der Waals surface area (Å²) in [6.07, 6.45) is 6.44. The van der Waals surface area contributed by atoms with Gasteiger partial charge in [0, 0.05) is 26.0 Å². The molecule has 0 spiro atoms. The molecule has 1 saturated heterocycles. The molecular weight excluding hydrogens is 266 g/mol. The van der Waals surface area contributed by atoms with E-state index in [-0.39, 0.29) is 12.1 Å². The van der Waals surface area contributed by atoms with Crippen molar-refractivity contribution in [3.05, 3.63) is 48.9 Å². The molecule has 0 N–H and O–H groups in total. The number of methoxy groups -OCH3 is 1. The summed E-state index contributed by atoms with van der Waals surface area (Å²) in [5.74, 6) is 1.76. The molecular formula is C16H19N3O2. The molecule has 1 aliphatic heterocycles. The zero-order chi connectivity index (χ0) is 14.5. The third kappa shape index (κ3) is 3.31. The van der Waals surface area contributed by atoms with Crippen molar-refractivity contribution in [2.75, 3.05) is 25.2 Å². The van der Waals surface area contributed by atoms with Crippen LogP contribution >= 0.6 is 0 Å². The summed E-state index contributed by atoms with van der Waals surface area (Å²) in [6.45, 7) is 1.44. The van der Waals surface area contributed by atoms with Gasteiger partial charge >= 0.3 is 0 Å². The van der Waals surface area contributed by atoms with Gasteiger partial charge in [0.05, 0.1) is 18.3 Å². The maximum atomic E-state index is 5.85. The van der Waals surface area contributed by atoms with E-state index < -0.39 is 0 Å². The van der Waals surface area contributed by atoms with Crippen molar-refractivity contribution in [3.63, 3.8) is 0 Å². The van der Waals surface area contributed by atoms with E-state index in [4.69, 9.17) is 9.47 Å². The second kappa shape index (κ2) is 6.54. The van der Waals surface area contributed by atoms with Gasteiger partial charge in [-0.3, -0.25) is 4.98 Å². The van der Waals surface area contributed by atoms with Crippen LogP contribution in [0.25, 0.3) is 0 Å². The van der Waals surface area contributed by atoms with Crippen LogP contribution in [0.1, 0.15) is 6.42 Å². The van der Waals surface area contributed by atoms with Crippen molar-refractivity contribution in [1.29, 1.82) is 0 Å². The van der Waals surface area contributed by atoms with Crippen LogP contribution in [0.2, 0.25) is 0 Å². The largest absolute Gasteiger partial charge is 0.490 e. The third-order valence-electron chi connectivity index (χ3n) is 3.73. The van der Waals surface area contributed by atoms with Crippen molar-refractivity contribution in [2.24, 2.45) is 0 Å². The van der Waals surface area contributed by atoms with Crippen LogP contribution in [0.15, 0.2) is 48.9 Å². The molecule has 0 amide bonds. The topological polar surface area (TPSA) is 47.5 Å². The minimum absolute atomic E-state index is 0.217. The first-order valence-corrected chi connectivity index (χ1v) is 7.10. The minimum Gasteiger partial charge on any atom is -0.490 e. The summed E-state index contributed by atoms with van der Waals surface area (Å²) in [5.41, 5.74) is 0. The Balaban J connectivity index is 1.69. The average Bonchev–Trinajstić information content (AvgIpc) is 2.98. The molecule has 0 bridgehead atoms. The Bertz CT molecular complexity index is 550. The van der Waals surface area contributed by atoms with Gasteiger partial charge < -0.3 is 14.4 Å². The van der Waals surface area contributed by atoms with Crippen LogP contribution in [0.3, 0.4) is 0 Å². The van der Waals surface area contributed by atoms with Crippen LogP contribution < -0.4 is 9.64 Å². The Kier molecular flexibility index (Phi) is 4.31. The van der Waals surface area contributed by atoms with Crippen LogP contribution in [0.5, 0.6) is 5.75 Å². The average molecular weight is 285 g/mol.